The molecular formula is C17H20N4O5. The summed E-state index contributed by atoms with van der Waals surface area (Å²) < 4.78 is 6.78. The SMILES string of the molecule is Cc1cc(C(=O)O[C@H](C)C(=O)Nc2ccnn2C(C)C)ccc1[N+](=O)[O-]. The minimum atomic E-state index is -1.05. The minimum Gasteiger partial charge on any atom is -0.449 e. The van der Waals surface area contributed by atoms with E-state index >= 15 is 0 Å². The predicted molar refractivity (Wildman–Crippen MR) is 94.0 cm³/mol. The van der Waals surface area contributed by atoms with Crippen LogP contribution < -0.4 is 5.32 Å². The summed E-state index contributed by atoms with van der Waals surface area (Å²) in [6, 6.07) is 5.59. The standard InChI is InChI=1S/C17H20N4O5/c1-10(2)20-15(7-8-18-20)19-16(22)12(4)26-17(23)13-5-6-14(21(24)25)11(3)9-13/h5-10,12H,1-4H3,(H,19,22)/t12-/m1/s1. The summed E-state index contributed by atoms with van der Waals surface area (Å²) in [6.07, 6.45) is 0.514. The van der Waals surface area contributed by atoms with Gasteiger partial charge in [-0.15, -0.1) is 0 Å². The Morgan fingerprint density at radius 2 is 1.96 bits per heavy atom. The second-order valence-corrected chi connectivity index (χ2v) is 6.05. The molecule has 0 radical (unpaired) electrons. The van der Waals surface area contributed by atoms with E-state index in [0.29, 0.717) is 11.4 Å². The van der Waals surface area contributed by atoms with Crippen molar-refractivity contribution in [1.82, 2.24) is 9.78 Å². The van der Waals surface area contributed by atoms with Gasteiger partial charge in [0.15, 0.2) is 6.10 Å². The minimum absolute atomic E-state index is 0.0567. The maximum atomic E-state index is 12.2. The fourth-order valence-corrected chi connectivity index (χ4v) is 2.32. The second kappa shape index (κ2) is 7.77. The summed E-state index contributed by atoms with van der Waals surface area (Å²) in [5.41, 5.74) is 0.386. The van der Waals surface area contributed by atoms with E-state index in [4.69, 9.17) is 4.74 Å². The molecular weight excluding hydrogens is 340 g/mol. The molecule has 0 aliphatic carbocycles. The molecule has 2 rings (SSSR count). The van der Waals surface area contributed by atoms with Gasteiger partial charge in [-0.3, -0.25) is 14.9 Å². The molecule has 0 bridgehead atoms. The first kappa shape index (κ1) is 19.1. The molecule has 138 valence electrons. The highest BCUT2D eigenvalue weighted by atomic mass is 16.6. The van der Waals surface area contributed by atoms with Gasteiger partial charge in [-0.25, -0.2) is 9.48 Å². The molecule has 26 heavy (non-hydrogen) atoms. The van der Waals surface area contributed by atoms with E-state index in [2.05, 4.69) is 10.4 Å². The summed E-state index contributed by atoms with van der Waals surface area (Å²) in [4.78, 5) is 34.7. The van der Waals surface area contributed by atoms with E-state index in [0.717, 1.165) is 0 Å². The molecule has 0 aliphatic heterocycles. The molecule has 0 saturated heterocycles. The number of nitrogens with zero attached hydrogens (tertiary/aromatic N) is 3. The molecule has 2 aromatic rings. The van der Waals surface area contributed by atoms with Crippen LogP contribution in [-0.2, 0) is 9.53 Å². The van der Waals surface area contributed by atoms with Gasteiger partial charge in [0, 0.05) is 23.7 Å². The van der Waals surface area contributed by atoms with Crippen molar-refractivity contribution in [3.8, 4) is 0 Å². The Kier molecular flexibility index (Phi) is 5.71. The second-order valence-electron chi connectivity index (χ2n) is 6.05. The van der Waals surface area contributed by atoms with E-state index in [1.54, 1.807) is 16.9 Å². The highest BCUT2D eigenvalue weighted by molar-refractivity contribution is 5.97. The van der Waals surface area contributed by atoms with Crippen LogP contribution in [0.2, 0.25) is 0 Å². The lowest BCUT2D eigenvalue weighted by Gasteiger charge is -2.16. The van der Waals surface area contributed by atoms with Crippen molar-refractivity contribution in [2.45, 2.75) is 39.8 Å². The van der Waals surface area contributed by atoms with Crippen LogP contribution in [0.1, 0.15) is 42.7 Å². The van der Waals surface area contributed by atoms with Crippen molar-refractivity contribution in [3.05, 3.63) is 51.7 Å². The number of ether oxygens (including phenoxy) is 1. The average molecular weight is 360 g/mol. The first-order chi connectivity index (χ1) is 12.2. The van der Waals surface area contributed by atoms with E-state index in [9.17, 15) is 19.7 Å². The average Bonchev–Trinajstić information content (AvgIpc) is 3.02. The number of hydrogen-bond acceptors (Lipinski definition) is 6. The Balaban J connectivity index is 2.04. The van der Waals surface area contributed by atoms with E-state index in [-0.39, 0.29) is 17.3 Å². The number of aryl methyl sites for hydroxylation is 1. The largest absolute Gasteiger partial charge is 0.449 e. The molecule has 0 aliphatic rings. The molecule has 1 N–H and O–H groups in total. The fraction of sp³-hybridized carbons (Fsp3) is 0.353. The monoisotopic (exact) mass is 360 g/mol. The molecule has 1 aromatic heterocycles. The molecule has 9 nitrogen and oxygen atoms in total. The Hall–Kier alpha value is -3.23. The lowest BCUT2D eigenvalue weighted by molar-refractivity contribution is -0.385. The number of benzene rings is 1. The number of aromatic nitrogens is 2. The Labute approximate surface area is 150 Å². The van der Waals surface area contributed by atoms with Gasteiger partial charge in [-0.2, -0.15) is 5.10 Å². The highest BCUT2D eigenvalue weighted by Gasteiger charge is 2.22. The summed E-state index contributed by atoms with van der Waals surface area (Å²) in [5.74, 6) is -0.735. The van der Waals surface area contributed by atoms with Crippen molar-refractivity contribution in [2.75, 3.05) is 5.32 Å². The van der Waals surface area contributed by atoms with Gasteiger partial charge >= 0.3 is 5.97 Å². The number of esters is 1. The van der Waals surface area contributed by atoms with Crippen molar-refractivity contribution in [3.63, 3.8) is 0 Å². The molecule has 1 atom stereocenters. The van der Waals surface area contributed by atoms with Gasteiger partial charge in [0.05, 0.1) is 16.7 Å². The first-order valence-electron chi connectivity index (χ1n) is 8.01. The topological polar surface area (TPSA) is 116 Å². The van der Waals surface area contributed by atoms with E-state index < -0.39 is 22.9 Å². The molecule has 9 heteroatoms. The zero-order valence-electron chi connectivity index (χ0n) is 14.9. The number of nitrogens with one attached hydrogen (secondary N) is 1. The van der Waals surface area contributed by atoms with Crippen molar-refractivity contribution in [2.24, 2.45) is 0 Å². The number of nitro benzene ring substituents is 1. The lowest BCUT2D eigenvalue weighted by atomic mass is 10.1. The summed E-state index contributed by atoms with van der Waals surface area (Å²) >= 11 is 0. The number of hydrogen-bond donors (Lipinski definition) is 1. The maximum absolute atomic E-state index is 12.2. The van der Waals surface area contributed by atoms with Crippen molar-refractivity contribution in [1.29, 1.82) is 0 Å². The Morgan fingerprint density at radius 3 is 2.54 bits per heavy atom. The molecule has 1 amide bonds. The molecule has 1 heterocycles. The van der Waals surface area contributed by atoms with Gasteiger partial charge in [-0.1, -0.05) is 0 Å². The number of rotatable bonds is 6. The quantitative estimate of drug-likeness (QED) is 0.481. The van der Waals surface area contributed by atoms with Gasteiger partial charge in [-0.05, 0) is 39.8 Å². The van der Waals surface area contributed by atoms with Crippen molar-refractivity contribution < 1.29 is 19.2 Å². The van der Waals surface area contributed by atoms with Crippen LogP contribution in [0.3, 0.4) is 0 Å². The lowest BCUT2D eigenvalue weighted by Crippen LogP contribution is -2.31. The Morgan fingerprint density at radius 1 is 1.27 bits per heavy atom. The smallest absolute Gasteiger partial charge is 0.338 e. The molecule has 1 aromatic carbocycles. The molecule has 0 saturated carbocycles. The van der Waals surface area contributed by atoms with Crippen LogP contribution in [0, 0.1) is 17.0 Å². The van der Waals surface area contributed by atoms with Gasteiger partial charge in [0.25, 0.3) is 11.6 Å². The third-order valence-corrected chi connectivity index (χ3v) is 3.69. The first-order valence-corrected chi connectivity index (χ1v) is 8.01. The van der Waals surface area contributed by atoms with Crippen LogP contribution >= 0.6 is 0 Å². The Bertz CT molecular complexity index is 843. The number of amides is 1. The third-order valence-electron chi connectivity index (χ3n) is 3.69. The third kappa shape index (κ3) is 4.24. The number of carbonyl (C=O) groups is 2. The molecule has 0 unspecified atom stereocenters. The van der Waals surface area contributed by atoms with Crippen LogP contribution in [0.15, 0.2) is 30.5 Å². The fourth-order valence-electron chi connectivity index (χ4n) is 2.32. The van der Waals surface area contributed by atoms with Gasteiger partial charge in [0.2, 0.25) is 0 Å². The van der Waals surface area contributed by atoms with Crippen LogP contribution in [-0.4, -0.2) is 32.7 Å². The van der Waals surface area contributed by atoms with Crippen molar-refractivity contribution >= 4 is 23.4 Å². The summed E-state index contributed by atoms with van der Waals surface area (Å²) in [7, 11) is 0. The van der Waals surface area contributed by atoms with Crippen LogP contribution in [0.5, 0.6) is 0 Å². The maximum Gasteiger partial charge on any atom is 0.338 e. The zero-order chi connectivity index (χ0) is 19.4. The summed E-state index contributed by atoms with van der Waals surface area (Å²) in [5, 5.41) is 17.6. The van der Waals surface area contributed by atoms with E-state index in [1.807, 2.05) is 13.8 Å². The summed E-state index contributed by atoms with van der Waals surface area (Å²) in [6.45, 7) is 6.81. The molecule has 0 fully saturated rings. The number of nitro groups is 1. The highest BCUT2D eigenvalue weighted by Crippen LogP contribution is 2.20. The number of anilines is 1. The normalized spacial score (nSPS) is 11.9. The van der Waals surface area contributed by atoms with Gasteiger partial charge in [0.1, 0.15) is 5.82 Å². The van der Waals surface area contributed by atoms with Crippen LogP contribution in [0.4, 0.5) is 11.5 Å². The van der Waals surface area contributed by atoms with Crippen LogP contribution in [0.25, 0.3) is 0 Å². The predicted octanol–water partition coefficient (Wildman–Crippen LogP) is 2.86. The van der Waals surface area contributed by atoms with Gasteiger partial charge < -0.3 is 10.1 Å². The molecule has 0 spiro atoms. The zero-order valence-corrected chi connectivity index (χ0v) is 14.9. The van der Waals surface area contributed by atoms with E-state index in [1.165, 1.54) is 32.0 Å². The number of carbonyl (C=O) groups excluding carboxylic acids is 2.